The third-order valence-corrected chi connectivity index (χ3v) is 7.65. The molecule has 6 rings (SSSR count). The summed E-state index contributed by atoms with van der Waals surface area (Å²) in [5, 5.41) is 1.13. The van der Waals surface area contributed by atoms with Crippen LogP contribution in [0.4, 0.5) is 5.69 Å². The molecule has 5 nitrogen and oxygen atoms in total. The number of halogens is 3. The van der Waals surface area contributed by atoms with Gasteiger partial charge in [-0.15, -0.1) is 0 Å². The number of rotatable bonds is 3. The highest BCUT2D eigenvalue weighted by molar-refractivity contribution is 6.36. The number of fused-ring (bicyclic) bond motifs is 5. The quantitative estimate of drug-likeness (QED) is 0.310. The van der Waals surface area contributed by atoms with Crippen LogP contribution in [0.3, 0.4) is 0 Å². The van der Waals surface area contributed by atoms with Gasteiger partial charge in [0.15, 0.2) is 5.78 Å². The van der Waals surface area contributed by atoms with Gasteiger partial charge in [0.05, 0.1) is 23.6 Å². The lowest BCUT2D eigenvalue weighted by Gasteiger charge is -2.35. The van der Waals surface area contributed by atoms with Crippen LogP contribution in [0.5, 0.6) is 0 Å². The maximum Gasteiger partial charge on any atom is 0.240 e. The van der Waals surface area contributed by atoms with Crippen molar-refractivity contribution in [2.75, 3.05) is 4.90 Å². The average Bonchev–Trinajstić information content (AvgIpc) is 3.31. The zero-order valence-electron chi connectivity index (χ0n) is 18.1. The summed E-state index contributed by atoms with van der Waals surface area (Å²) in [6.45, 7) is 0. The molecule has 3 aromatic carbocycles. The van der Waals surface area contributed by atoms with Crippen LogP contribution in [0, 0.1) is 11.8 Å². The lowest BCUT2D eigenvalue weighted by molar-refractivity contribution is -0.123. The van der Waals surface area contributed by atoms with E-state index in [2.05, 4.69) is 0 Å². The largest absolute Gasteiger partial charge is 0.358 e. The van der Waals surface area contributed by atoms with E-state index in [-0.39, 0.29) is 11.7 Å². The molecule has 8 heteroatoms. The Bertz CT molecular complexity index is 1420. The Balaban J connectivity index is 1.50. The number of Topliss-reactive ketones (excluding diaryl/α,β-unsaturated/α-hetero) is 1. The Morgan fingerprint density at radius 1 is 0.771 bits per heavy atom. The number of amides is 2. The number of carbonyl (C=O) groups is 3. The van der Waals surface area contributed by atoms with Crippen molar-refractivity contribution in [1.82, 2.24) is 4.90 Å². The first-order valence-electron chi connectivity index (χ1n) is 11.0. The van der Waals surface area contributed by atoms with E-state index in [1.807, 2.05) is 41.4 Å². The molecule has 2 saturated heterocycles. The monoisotopic (exact) mass is 522 g/mol. The number of hydrogen-bond acceptors (Lipinski definition) is 4. The fourth-order valence-electron chi connectivity index (χ4n) is 5.56. The summed E-state index contributed by atoms with van der Waals surface area (Å²) in [6, 6.07) is 17.6. The zero-order chi connectivity index (χ0) is 24.4. The highest BCUT2D eigenvalue weighted by atomic mass is 35.5. The number of carbonyl (C=O) groups excluding carboxylic acids is 3. The van der Waals surface area contributed by atoms with E-state index in [1.54, 1.807) is 24.3 Å². The van der Waals surface area contributed by atoms with Crippen LogP contribution in [0.15, 0.2) is 72.9 Å². The Labute approximate surface area is 216 Å². The van der Waals surface area contributed by atoms with Crippen LogP contribution in [-0.2, 0) is 9.59 Å². The SMILES string of the molecule is O=C(c1ccc(Cl)cc1)[C@@H]1[C@@H]2C(=O)N(c3cc(Cl)cc(Cl)c3)C(=O)[C@@H]2C2c3ccccc3C=CN21. The van der Waals surface area contributed by atoms with E-state index >= 15 is 0 Å². The average molecular weight is 524 g/mol. The number of nitrogens with zero attached hydrogens (tertiary/aromatic N) is 2. The number of hydrogen-bond donors (Lipinski definition) is 0. The predicted molar refractivity (Wildman–Crippen MR) is 136 cm³/mol. The van der Waals surface area contributed by atoms with E-state index in [4.69, 9.17) is 34.8 Å². The first-order chi connectivity index (χ1) is 16.8. The van der Waals surface area contributed by atoms with Crippen molar-refractivity contribution in [1.29, 1.82) is 0 Å². The van der Waals surface area contributed by atoms with Crippen molar-refractivity contribution < 1.29 is 14.4 Å². The molecule has 2 amide bonds. The maximum absolute atomic E-state index is 13.9. The number of ketones is 1. The van der Waals surface area contributed by atoms with E-state index in [1.165, 1.54) is 18.2 Å². The molecule has 0 aromatic heterocycles. The minimum absolute atomic E-state index is 0.240. The standard InChI is InChI=1S/C27H17Cl3N2O3/c28-16-7-5-15(6-8-16)25(33)24-22-21(23-20-4-2-1-3-14(20)9-10-31(23)24)26(34)32(27(22)35)19-12-17(29)11-18(30)13-19/h1-13,21-24H/t21-,22+,23?,24-/m0/s1. The molecule has 1 unspecified atom stereocenters. The molecule has 0 N–H and O–H groups in total. The Kier molecular flexibility index (Phi) is 5.26. The van der Waals surface area contributed by atoms with Crippen molar-refractivity contribution in [3.63, 3.8) is 0 Å². The number of imide groups is 1. The van der Waals surface area contributed by atoms with E-state index in [0.29, 0.717) is 26.3 Å². The summed E-state index contributed by atoms with van der Waals surface area (Å²) in [4.78, 5) is 44.6. The molecule has 4 atom stereocenters. The van der Waals surface area contributed by atoms with Gasteiger partial charge < -0.3 is 4.90 Å². The minimum Gasteiger partial charge on any atom is -0.358 e. The van der Waals surface area contributed by atoms with Gasteiger partial charge in [-0.1, -0.05) is 59.1 Å². The lowest BCUT2D eigenvalue weighted by Crippen LogP contribution is -2.44. The van der Waals surface area contributed by atoms with Gasteiger partial charge in [0.25, 0.3) is 0 Å². The van der Waals surface area contributed by atoms with Gasteiger partial charge in [0.1, 0.15) is 6.04 Å². The molecule has 3 aliphatic rings. The molecule has 0 radical (unpaired) electrons. The topological polar surface area (TPSA) is 57.7 Å². The minimum atomic E-state index is -0.871. The highest BCUT2D eigenvalue weighted by Crippen LogP contribution is 2.54. The first kappa shape index (κ1) is 22.4. The maximum atomic E-state index is 13.9. The second-order valence-electron chi connectivity index (χ2n) is 8.84. The highest BCUT2D eigenvalue weighted by Gasteiger charge is 2.64. The first-order valence-corrected chi connectivity index (χ1v) is 12.2. The Hall–Kier alpha value is -3.12. The predicted octanol–water partition coefficient (Wildman–Crippen LogP) is 6.05. The number of anilines is 1. The van der Waals surface area contributed by atoms with E-state index in [0.717, 1.165) is 16.0 Å². The van der Waals surface area contributed by atoms with Gasteiger partial charge in [-0.2, -0.15) is 0 Å². The third-order valence-electron chi connectivity index (χ3n) is 6.96. The second kappa shape index (κ2) is 8.23. The van der Waals surface area contributed by atoms with Gasteiger partial charge >= 0.3 is 0 Å². The zero-order valence-corrected chi connectivity index (χ0v) is 20.3. The van der Waals surface area contributed by atoms with Crippen molar-refractivity contribution >= 4 is 64.2 Å². The van der Waals surface area contributed by atoms with Crippen LogP contribution in [0.2, 0.25) is 15.1 Å². The summed E-state index contributed by atoms with van der Waals surface area (Å²) in [5.74, 6) is -2.66. The molecule has 0 spiro atoms. The fraction of sp³-hybridized carbons (Fsp3) is 0.148. The lowest BCUT2D eigenvalue weighted by atomic mass is 9.83. The van der Waals surface area contributed by atoms with Crippen molar-refractivity contribution in [2.24, 2.45) is 11.8 Å². The van der Waals surface area contributed by atoms with Crippen LogP contribution in [0.25, 0.3) is 6.08 Å². The summed E-state index contributed by atoms with van der Waals surface area (Å²) >= 11 is 18.4. The summed E-state index contributed by atoms with van der Waals surface area (Å²) in [5.41, 5.74) is 2.59. The molecule has 35 heavy (non-hydrogen) atoms. The van der Waals surface area contributed by atoms with Crippen LogP contribution in [-0.4, -0.2) is 28.5 Å². The molecular formula is C27H17Cl3N2O3. The van der Waals surface area contributed by atoms with Crippen LogP contribution < -0.4 is 4.90 Å². The smallest absolute Gasteiger partial charge is 0.240 e. The third kappa shape index (κ3) is 3.41. The normalized spacial score (nSPS) is 24.4. The molecular weight excluding hydrogens is 507 g/mol. The summed E-state index contributed by atoms with van der Waals surface area (Å²) in [7, 11) is 0. The Morgan fingerprint density at radius 3 is 2.14 bits per heavy atom. The van der Waals surface area contributed by atoms with Crippen molar-refractivity contribution in [3.8, 4) is 0 Å². The van der Waals surface area contributed by atoms with Crippen molar-refractivity contribution in [3.05, 3.63) is 105 Å². The molecule has 0 bridgehead atoms. The van der Waals surface area contributed by atoms with Gasteiger partial charge in [-0.3, -0.25) is 14.4 Å². The molecule has 2 fully saturated rings. The fourth-order valence-corrected chi connectivity index (χ4v) is 6.21. The van der Waals surface area contributed by atoms with E-state index in [9.17, 15) is 14.4 Å². The van der Waals surface area contributed by atoms with Gasteiger partial charge in [0, 0.05) is 26.8 Å². The van der Waals surface area contributed by atoms with Crippen molar-refractivity contribution in [2.45, 2.75) is 12.1 Å². The Morgan fingerprint density at radius 2 is 1.43 bits per heavy atom. The molecule has 0 saturated carbocycles. The van der Waals surface area contributed by atoms with Crippen LogP contribution >= 0.6 is 34.8 Å². The van der Waals surface area contributed by atoms with Crippen LogP contribution in [0.1, 0.15) is 27.5 Å². The van der Waals surface area contributed by atoms with Gasteiger partial charge in [-0.05, 0) is 59.7 Å². The van der Waals surface area contributed by atoms with E-state index < -0.39 is 29.8 Å². The molecule has 3 aromatic rings. The molecule has 3 aliphatic heterocycles. The number of benzene rings is 3. The summed E-state index contributed by atoms with van der Waals surface area (Å²) in [6.07, 6.45) is 3.74. The molecule has 3 heterocycles. The second-order valence-corrected chi connectivity index (χ2v) is 10.2. The summed E-state index contributed by atoms with van der Waals surface area (Å²) < 4.78 is 0. The molecule has 174 valence electrons. The molecule has 0 aliphatic carbocycles. The van der Waals surface area contributed by atoms with Gasteiger partial charge in [-0.25, -0.2) is 4.90 Å². The van der Waals surface area contributed by atoms with Gasteiger partial charge in [0.2, 0.25) is 11.8 Å².